The molecule has 0 bridgehead atoms. The first kappa shape index (κ1) is 11.7. The van der Waals surface area contributed by atoms with Gasteiger partial charge >= 0.3 is 0 Å². The molecule has 5 heteroatoms. The van der Waals surface area contributed by atoms with Crippen LogP contribution < -0.4 is 0 Å². The van der Waals surface area contributed by atoms with Gasteiger partial charge in [-0.2, -0.15) is 4.98 Å². The van der Waals surface area contributed by atoms with Gasteiger partial charge in [0.05, 0.1) is 5.92 Å². The smallest absolute Gasteiger partial charge is 0.231 e. The summed E-state index contributed by atoms with van der Waals surface area (Å²) in [5.74, 6) is 2.04. The molecule has 1 amide bonds. The minimum absolute atomic E-state index is 0.237. The van der Waals surface area contributed by atoms with E-state index in [0.29, 0.717) is 18.4 Å². The van der Waals surface area contributed by atoms with Gasteiger partial charge in [-0.1, -0.05) is 12.1 Å². The normalized spacial score (nSPS) is 24.6. The first-order chi connectivity index (χ1) is 8.78. The largest absolute Gasteiger partial charge is 0.339 e. The van der Waals surface area contributed by atoms with E-state index in [1.807, 2.05) is 4.90 Å². The first-order valence-electron chi connectivity index (χ1n) is 6.90. The van der Waals surface area contributed by atoms with Crippen molar-refractivity contribution in [1.82, 2.24) is 15.0 Å². The summed E-state index contributed by atoms with van der Waals surface area (Å²) in [5, 5.41) is 4.00. The van der Waals surface area contributed by atoms with E-state index in [9.17, 15) is 4.79 Å². The van der Waals surface area contributed by atoms with Crippen LogP contribution in [0.1, 0.15) is 56.7 Å². The monoisotopic (exact) mass is 249 g/mol. The van der Waals surface area contributed by atoms with Crippen LogP contribution in [0.25, 0.3) is 0 Å². The van der Waals surface area contributed by atoms with E-state index in [1.54, 1.807) is 0 Å². The highest BCUT2D eigenvalue weighted by Crippen LogP contribution is 2.34. The van der Waals surface area contributed by atoms with Crippen LogP contribution in [0.4, 0.5) is 0 Å². The van der Waals surface area contributed by atoms with E-state index in [1.165, 1.54) is 0 Å². The van der Waals surface area contributed by atoms with Crippen LogP contribution in [-0.4, -0.2) is 33.5 Å². The van der Waals surface area contributed by atoms with Gasteiger partial charge < -0.3 is 9.42 Å². The van der Waals surface area contributed by atoms with Crippen LogP contribution in [0.5, 0.6) is 0 Å². The van der Waals surface area contributed by atoms with Crippen molar-refractivity contribution in [3.05, 3.63) is 11.7 Å². The predicted octanol–water partition coefficient (Wildman–Crippen LogP) is 1.89. The second-order valence-corrected chi connectivity index (χ2v) is 5.31. The third kappa shape index (κ3) is 2.26. The number of piperidine rings is 1. The third-order valence-electron chi connectivity index (χ3n) is 3.74. The van der Waals surface area contributed by atoms with Crippen LogP contribution >= 0.6 is 0 Å². The number of rotatable bonds is 4. The number of carbonyl (C=O) groups is 1. The Morgan fingerprint density at radius 1 is 1.39 bits per heavy atom. The summed E-state index contributed by atoms with van der Waals surface area (Å²) in [5.41, 5.74) is 0. The predicted molar refractivity (Wildman–Crippen MR) is 65.0 cm³/mol. The lowest BCUT2D eigenvalue weighted by Crippen LogP contribution is -2.40. The van der Waals surface area contributed by atoms with Crippen molar-refractivity contribution in [3.63, 3.8) is 0 Å². The van der Waals surface area contributed by atoms with E-state index in [0.717, 1.165) is 50.4 Å². The Balaban J connectivity index is 1.69. The van der Waals surface area contributed by atoms with Gasteiger partial charge in [0.2, 0.25) is 11.8 Å². The second kappa shape index (κ2) is 4.71. The fourth-order valence-electron chi connectivity index (χ4n) is 2.57. The summed E-state index contributed by atoms with van der Waals surface area (Å²) in [6.45, 7) is 2.86. The van der Waals surface area contributed by atoms with Crippen LogP contribution in [0, 0.1) is 0 Å². The van der Waals surface area contributed by atoms with E-state index in [2.05, 4.69) is 17.1 Å². The number of hydrogen-bond acceptors (Lipinski definition) is 4. The highest BCUT2D eigenvalue weighted by Gasteiger charge is 2.38. The molecule has 18 heavy (non-hydrogen) atoms. The van der Waals surface area contributed by atoms with Crippen molar-refractivity contribution in [2.24, 2.45) is 0 Å². The minimum atomic E-state index is 0.237. The average Bonchev–Trinajstić information content (AvgIpc) is 3.11. The molecular formula is C13H19N3O2. The van der Waals surface area contributed by atoms with E-state index in [4.69, 9.17) is 4.52 Å². The maximum atomic E-state index is 11.8. The Kier molecular flexibility index (Phi) is 3.06. The molecule has 1 aliphatic carbocycles. The van der Waals surface area contributed by atoms with Crippen LogP contribution in [0.15, 0.2) is 4.52 Å². The SMILES string of the molecule is CCCc1noc([C@@H]2CCC(=O)N(C3CC3)C2)n1. The van der Waals surface area contributed by atoms with Crippen molar-refractivity contribution >= 4 is 5.91 Å². The Morgan fingerprint density at radius 2 is 2.22 bits per heavy atom. The van der Waals surface area contributed by atoms with E-state index >= 15 is 0 Å². The molecular weight excluding hydrogens is 230 g/mol. The molecule has 1 aromatic heterocycles. The first-order valence-corrected chi connectivity index (χ1v) is 6.90. The molecule has 2 aliphatic rings. The zero-order valence-corrected chi connectivity index (χ0v) is 10.8. The van der Waals surface area contributed by atoms with Crippen molar-refractivity contribution in [2.75, 3.05) is 6.54 Å². The van der Waals surface area contributed by atoms with Crippen molar-refractivity contribution in [1.29, 1.82) is 0 Å². The molecule has 5 nitrogen and oxygen atoms in total. The molecule has 98 valence electrons. The lowest BCUT2D eigenvalue weighted by atomic mass is 9.97. The Hall–Kier alpha value is -1.39. The molecule has 0 unspecified atom stereocenters. The maximum absolute atomic E-state index is 11.8. The molecule has 1 saturated heterocycles. The zero-order valence-electron chi connectivity index (χ0n) is 10.8. The van der Waals surface area contributed by atoms with Gasteiger partial charge in [0.15, 0.2) is 5.82 Å². The summed E-state index contributed by atoms with van der Waals surface area (Å²) >= 11 is 0. The number of nitrogens with zero attached hydrogens (tertiary/aromatic N) is 3. The van der Waals surface area contributed by atoms with E-state index < -0.39 is 0 Å². The Morgan fingerprint density at radius 3 is 2.94 bits per heavy atom. The van der Waals surface area contributed by atoms with E-state index in [-0.39, 0.29) is 5.92 Å². The summed E-state index contributed by atoms with van der Waals surface area (Å²) in [4.78, 5) is 18.3. The van der Waals surface area contributed by atoms with Gasteiger partial charge in [0.25, 0.3) is 0 Å². The molecule has 2 fully saturated rings. The zero-order chi connectivity index (χ0) is 12.5. The number of likely N-dealkylation sites (tertiary alicyclic amines) is 1. The highest BCUT2D eigenvalue weighted by atomic mass is 16.5. The number of carbonyl (C=O) groups excluding carboxylic acids is 1. The Labute approximate surface area is 107 Å². The topological polar surface area (TPSA) is 59.2 Å². The lowest BCUT2D eigenvalue weighted by Gasteiger charge is -2.30. The third-order valence-corrected chi connectivity index (χ3v) is 3.74. The molecule has 1 aliphatic heterocycles. The minimum Gasteiger partial charge on any atom is -0.339 e. The standard InChI is InChI=1S/C13H19N3O2/c1-2-3-11-14-13(18-15-11)9-4-7-12(17)16(8-9)10-5-6-10/h9-10H,2-8H2,1H3/t9-/m1/s1. The lowest BCUT2D eigenvalue weighted by molar-refractivity contribution is -0.134. The summed E-state index contributed by atoms with van der Waals surface area (Å²) < 4.78 is 5.34. The Bertz CT molecular complexity index is 439. The fourth-order valence-corrected chi connectivity index (χ4v) is 2.57. The van der Waals surface area contributed by atoms with Crippen molar-refractivity contribution < 1.29 is 9.32 Å². The molecule has 2 heterocycles. The van der Waals surface area contributed by atoms with Gasteiger partial charge in [-0.15, -0.1) is 0 Å². The summed E-state index contributed by atoms with van der Waals surface area (Å²) in [6.07, 6.45) is 5.66. The van der Waals surface area contributed by atoms with Gasteiger partial charge in [0.1, 0.15) is 0 Å². The summed E-state index contributed by atoms with van der Waals surface area (Å²) in [7, 11) is 0. The number of hydrogen-bond donors (Lipinski definition) is 0. The molecule has 3 rings (SSSR count). The van der Waals surface area contributed by atoms with Crippen LogP contribution in [0.3, 0.4) is 0 Å². The quantitative estimate of drug-likeness (QED) is 0.817. The number of amides is 1. The van der Waals surface area contributed by atoms with Crippen molar-refractivity contribution in [3.8, 4) is 0 Å². The molecule has 0 aromatic carbocycles. The van der Waals surface area contributed by atoms with Crippen LogP contribution in [-0.2, 0) is 11.2 Å². The molecule has 1 saturated carbocycles. The maximum Gasteiger partial charge on any atom is 0.231 e. The molecule has 1 atom stereocenters. The van der Waals surface area contributed by atoms with Gasteiger partial charge in [-0.05, 0) is 25.7 Å². The molecule has 0 radical (unpaired) electrons. The highest BCUT2D eigenvalue weighted by molar-refractivity contribution is 5.77. The number of aryl methyl sites for hydroxylation is 1. The van der Waals surface area contributed by atoms with Crippen molar-refractivity contribution in [2.45, 2.75) is 57.4 Å². The van der Waals surface area contributed by atoms with Crippen LogP contribution in [0.2, 0.25) is 0 Å². The number of aromatic nitrogens is 2. The summed E-state index contributed by atoms with van der Waals surface area (Å²) in [6, 6.07) is 0.485. The van der Waals surface area contributed by atoms with Gasteiger partial charge in [0, 0.05) is 25.4 Å². The van der Waals surface area contributed by atoms with Gasteiger partial charge in [-0.25, -0.2) is 0 Å². The fraction of sp³-hybridized carbons (Fsp3) is 0.769. The molecule has 1 aromatic rings. The molecule has 0 spiro atoms. The molecule has 0 N–H and O–H groups in total. The second-order valence-electron chi connectivity index (χ2n) is 5.31. The average molecular weight is 249 g/mol. The van der Waals surface area contributed by atoms with Gasteiger partial charge in [-0.3, -0.25) is 4.79 Å².